The molecule has 0 radical (unpaired) electrons. The van der Waals surface area contributed by atoms with Crippen LogP contribution in [0.4, 0.5) is 11.4 Å². The Labute approximate surface area is 58.7 Å². The van der Waals surface area contributed by atoms with E-state index in [4.69, 9.17) is 30.1 Å². The molecule has 0 unspecified atom stereocenters. The van der Waals surface area contributed by atoms with E-state index in [-0.39, 0.29) is 0 Å². The molecule has 10 heavy (non-hydrogen) atoms. The van der Waals surface area contributed by atoms with Crippen molar-refractivity contribution in [3.63, 3.8) is 0 Å². The summed E-state index contributed by atoms with van der Waals surface area (Å²) in [4.78, 5) is 0. The first-order valence-corrected chi connectivity index (χ1v) is 3.26. The third-order valence-electron chi connectivity index (χ3n) is 0.561. The fraction of sp³-hybridized carbons (Fsp3) is 0. The summed E-state index contributed by atoms with van der Waals surface area (Å²) >= 11 is 0. The van der Waals surface area contributed by atoms with Crippen molar-refractivity contribution in [1.82, 2.24) is 0 Å². The summed E-state index contributed by atoms with van der Waals surface area (Å²) in [5, 5.41) is 0. The highest BCUT2D eigenvalue weighted by molar-refractivity contribution is 5.77. The maximum absolute atomic E-state index is 8.49. The summed E-state index contributed by atoms with van der Waals surface area (Å²) in [6.45, 7) is 0. The molecule has 1 aromatic rings. The van der Waals surface area contributed by atoms with Crippen LogP contribution in [0.2, 0.25) is 0 Å². The molecule has 0 aromatic heterocycles. The zero-order valence-electron chi connectivity index (χ0n) is 4.74. The lowest BCUT2D eigenvalue weighted by molar-refractivity contribution is -2.00. The van der Waals surface area contributed by atoms with E-state index in [1.807, 2.05) is 0 Å². The van der Waals surface area contributed by atoms with Gasteiger partial charge in [-0.15, -0.1) is 10.2 Å². The molecule has 0 spiro atoms. The standard InChI is InChI=1S/C3H5N2.ClHO4/c4-2-1-3(2)5;2-1(3,4)5/h1H,4-5H2;(H,2,3,4,5)/q+1;/p-1. The summed E-state index contributed by atoms with van der Waals surface area (Å²) in [5.41, 5.74) is 11.6. The van der Waals surface area contributed by atoms with Gasteiger partial charge in [0.2, 0.25) is 6.07 Å². The highest BCUT2D eigenvalue weighted by atomic mass is 35.7. The van der Waals surface area contributed by atoms with Crippen molar-refractivity contribution in [3.8, 4) is 0 Å². The molecule has 0 heterocycles. The molecule has 4 N–H and O–H groups in total. The quantitative estimate of drug-likeness (QED) is 0.372. The van der Waals surface area contributed by atoms with E-state index in [9.17, 15) is 0 Å². The number of hydrogen-bond acceptors (Lipinski definition) is 6. The van der Waals surface area contributed by atoms with Crippen molar-refractivity contribution in [3.05, 3.63) is 6.07 Å². The fourth-order valence-electron chi connectivity index (χ4n) is 0.131. The summed E-state index contributed by atoms with van der Waals surface area (Å²) in [7, 11) is -4.94. The van der Waals surface area contributed by atoms with Gasteiger partial charge < -0.3 is 11.5 Å². The minimum Gasteiger partial charge on any atom is -0.323 e. The van der Waals surface area contributed by atoms with Crippen LogP contribution in [0.15, 0.2) is 6.07 Å². The molecule has 0 aliphatic carbocycles. The summed E-state index contributed by atoms with van der Waals surface area (Å²) in [6, 6.07) is 1.72. The van der Waals surface area contributed by atoms with Crippen molar-refractivity contribution in [1.29, 1.82) is 0 Å². The zero-order valence-corrected chi connectivity index (χ0v) is 5.50. The van der Waals surface area contributed by atoms with Crippen LogP contribution in [-0.2, 0) is 0 Å². The molecule has 0 saturated heterocycles. The Kier molecular flexibility index (Phi) is 2.76. The topological polar surface area (TPSA) is 144 Å². The first-order valence-electron chi connectivity index (χ1n) is 2.02. The largest absolute Gasteiger partial charge is 0.323 e. The highest BCUT2D eigenvalue weighted by Crippen LogP contribution is 2.23. The number of anilines is 2. The van der Waals surface area contributed by atoms with Gasteiger partial charge in [0.25, 0.3) is 11.4 Å². The van der Waals surface area contributed by atoms with Crippen molar-refractivity contribution in [2.45, 2.75) is 0 Å². The lowest BCUT2D eigenvalue weighted by Gasteiger charge is -2.17. The molecule has 0 bridgehead atoms. The van der Waals surface area contributed by atoms with Crippen LogP contribution >= 0.6 is 0 Å². The number of rotatable bonds is 0. The molecule has 58 valence electrons. The fourth-order valence-corrected chi connectivity index (χ4v) is 0.131. The van der Waals surface area contributed by atoms with E-state index in [1.165, 1.54) is 0 Å². The van der Waals surface area contributed by atoms with Gasteiger partial charge in [0.05, 0.1) is 0 Å². The van der Waals surface area contributed by atoms with Crippen LogP contribution in [0, 0.1) is 10.2 Å². The van der Waals surface area contributed by atoms with Crippen molar-refractivity contribution < 1.29 is 28.9 Å². The first kappa shape index (κ1) is 9.34. The maximum atomic E-state index is 8.49. The molecular formula is C3H5ClN2O4. The number of halogens is 1. The van der Waals surface area contributed by atoms with Gasteiger partial charge in [-0.1, -0.05) is 0 Å². The lowest BCUT2D eigenvalue weighted by atomic mass is 10.9. The zero-order chi connectivity index (χ0) is 8.36. The molecule has 1 aromatic carbocycles. The maximum Gasteiger partial charge on any atom is 0.274 e. The average molecular weight is 169 g/mol. The second kappa shape index (κ2) is 2.95. The van der Waals surface area contributed by atoms with Gasteiger partial charge in [-0.25, -0.2) is 18.6 Å². The van der Waals surface area contributed by atoms with Crippen LogP contribution in [0.5, 0.6) is 0 Å². The highest BCUT2D eigenvalue weighted by Gasteiger charge is 2.17. The van der Waals surface area contributed by atoms with Crippen LogP contribution < -0.4 is 30.1 Å². The van der Waals surface area contributed by atoms with E-state index in [1.54, 1.807) is 6.07 Å². The smallest absolute Gasteiger partial charge is 0.274 e. The molecule has 0 aliphatic heterocycles. The number of hydrogen-bond donors (Lipinski definition) is 2. The van der Waals surface area contributed by atoms with Crippen LogP contribution in [0.1, 0.15) is 0 Å². The van der Waals surface area contributed by atoms with Gasteiger partial charge in [-0.05, 0) is 0 Å². The monoisotopic (exact) mass is 168 g/mol. The predicted molar refractivity (Wildman–Crippen MR) is 22.0 cm³/mol. The van der Waals surface area contributed by atoms with Gasteiger partial charge >= 0.3 is 0 Å². The molecule has 0 saturated carbocycles. The third-order valence-corrected chi connectivity index (χ3v) is 0.561. The lowest BCUT2D eigenvalue weighted by Crippen LogP contribution is -2.68. The SMILES string of the molecule is Nc1c[c+]1N.[O-][Cl+3]([O-])([O-])[O-]. The van der Waals surface area contributed by atoms with E-state index >= 15 is 0 Å². The normalized spacial score (nSPS) is 10.8. The molecule has 7 heteroatoms. The van der Waals surface area contributed by atoms with Crippen LogP contribution in [-0.4, -0.2) is 0 Å². The Morgan fingerprint density at radius 3 is 1.40 bits per heavy atom. The Balaban J connectivity index is 0.000000162. The summed E-state index contributed by atoms with van der Waals surface area (Å²) in [6.07, 6.45) is 0. The second-order valence-electron chi connectivity index (χ2n) is 1.43. The minimum atomic E-state index is -4.94. The van der Waals surface area contributed by atoms with Crippen molar-refractivity contribution in [2.24, 2.45) is 0 Å². The van der Waals surface area contributed by atoms with Gasteiger partial charge in [0.15, 0.2) is 0 Å². The molecule has 6 nitrogen and oxygen atoms in total. The Bertz CT molecular complexity index is 153. The molecule has 0 atom stereocenters. The third kappa shape index (κ3) is 10.3. The van der Waals surface area contributed by atoms with Crippen molar-refractivity contribution >= 4 is 11.4 Å². The minimum absolute atomic E-state index is 0.741. The molecule has 0 aliphatic rings. The van der Waals surface area contributed by atoms with Gasteiger partial charge in [-0.3, -0.25) is 0 Å². The molecular weight excluding hydrogens is 163 g/mol. The summed E-state index contributed by atoms with van der Waals surface area (Å²) < 4.78 is 34.0. The molecule has 0 fully saturated rings. The van der Waals surface area contributed by atoms with Gasteiger partial charge in [-0.2, -0.15) is 0 Å². The molecule has 0 amide bonds. The van der Waals surface area contributed by atoms with Crippen LogP contribution in [0.3, 0.4) is 0 Å². The Morgan fingerprint density at radius 1 is 1.30 bits per heavy atom. The van der Waals surface area contributed by atoms with Gasteiger partial charge in [0, 0.05) is 0 Å². The van der Waals surface area contributed by atoms with E-state index in [0.717, 1.165) is 11.4 Å². The first-order chi connectivity index (χ1) is 4.30. The summed E-state index contributed by atoms with van der Waals surface area (Å²) in [5.74, 6) is 0. The predicted octanol–water partition coefficient (Wildman–Crippen LogP) is -4.75. The number of nitrogen functional groups attached to an aromatic ring is 2. The Morgan fingerprint density at radius 2 is 1.40 bits per heavy atom. The average Bonchev–Trinajstić information content (AvgIpc) is 2.12. The molecule has 1 rings (SSSR count). The van der Waals surface area contributed by atoms with E-state index < -0.39 is 10.2 Å². The van der Waals surface area contributed by atoms with Crippen molar-refractivity contribution in [2.75, 3.05) is 11.5 Å². The van der Waals surface area contributed by atoms with E-state index in [2.05, 4.69) is 0 Å². The Hall–Kier alpha value is -0.660. The number of nitrogens with two attached hydrogens (primary N) is 2. The van der Waals surface area contributed by atoms with E-state index in [0.29, 0.717) is 0 Å². The second-order valence-corrected chi connectivity index (χ2v) is 2.19. The van der Waals surface area contributed by atoms with Crippen LogP contribution in [0.25, 0.3) is 0 Å². The van der Waals surface area contributed by atoms with Gasteiger partial charge in [0.1, 0.15) is 0 Å².